The molecule has 0 aliphatic rings. The van der Waals surface area contributed by atoms with E-state index in [1.54, 1.807) is 19.1 Å². The Morgan fingerprint density at radius 3 is 2.22 bits per heavy atom. The van der Waals surface area contributed by atoms with Crippen LogP contribution in [0.2, 0.25) is 0 Å². The number of halogens is 3. The largest absolute Gasteiger partial charge is 0.451 e. The molecule has 2 rings (SSSR count). The topological polar surface area (TPSA) is 88.2 Å². The van der Waals surface area contributed by atoms with Gasteiger partial charge in [-0.3, -0.25) is 10.9 Å². The molecule has 7 nitrogen and oxygen atoms in total. The molecule has 2 amide bonds. The minimum Gasteiger partial charge on any atom is -0.381 e. The Labute approximate surface area is 212 Å². The van der Waals surface area contributed by atoms with Crippen LogP contribution in [0, 0.1) is 6.92 Å². The van der Waals surface area contributed by atoms with Gasteiger partial charge in [-0.1, -0.05) is 76.3 Å². The van der Waals surface area contributed by atoms with Crippen LogP contribution in [0.3, 0.4) is 0 Å². The lowest BCUT2D eigenvalue weighted by molar-refractivity contribution is -0.144. The van der Waals surface area contributed by atoms with Gasteiger partial charge in [-0.25, -0.2) is 14.8 Å². The predicted molar refractivity (Wildman–Crippen MR) is 137 cm³/mol. The number of alkyl halides is 3. The molecule has 0 radical (unpaired) electrons. The molecule has 0 aliphatic heterocycles. The first-order valence-electron chi connectivity index (χ1n) is 13.0. The summed E-state index contributed by atoms with van der Waals surface area (Å²) in [5.41, 5.74) is 5.79. The van der Waals surface area contributed by atoms with E-state index in [1.807, 2.05) is 0 Å². The second-order valence-electron chi connectivity index (χ2n) is 9.07. The first-order chi connectivity index (χ1) is 17.3. The van der Waals surface area contributed by atoms with Gasteiger partial charge in [0.05, 0.1) is 5.52 Å². The summed E-state index contributed by atoms with van der Waals surface area (Å²) < 4.78 is 45.0. The molecule has 36 heavy (non-hydrogen) atoms. The standard InChI is InChI=1S/C26H40F3N5O2/c1-3-4-5-6-7-8-9-10-11-12-17-36-18-13-16-30-25(35)34-33-23-21-19-20(2)14-15-22(21)31-24(32-23)26(27,28)29/h14-15,19H,3-13,16-18H2,1-2H3,(H2,30,34,35)(H,31,32,33). The summed E-state index contributed by atoms with van der Waals surface area (Å²) in [4.78, 5) is 19.2. The number of aryl methyl sites for hydroxylation is 1. The van der Waals surface area contributed by atoms with E-state index in [-0.39, 0.29) is 11.3 Å². The SMILES string of the molecule is CCCCCCCCCCCCOCCCNC(=O)NNc1nc(C(F)(F)F)nc2ccc(C)cc12. The molecular formula is C26H40F3N5O2. The molecule has 0 fully saturated rings. The lowest BCUT2D eigenvalue weighted by Gasteiger charge is -2.14. The zero-order chi connectivity index (χ0) is 26.2. The first kappa shape index (κ1) is 29.6. The van der Waals surface area contributed by atoms with Gasteiger partial charge in [0.2, 0.25) is 5.82 Å². The second-order valence-corrected chi connectivity index (χ2v) is 9.07. The zero-order valence-corrected chi connectivity index (χ0v) is 21.5. The molecule has 1 aromatic heterocycles. The molecule has 3 N–H and O–H groups in total. The van der Waals surface area contributed by atoms with Gasteiger partial charge < -0.3 is 10.1 Å². The van der Waals surface area contributed by atoms with Crippen molar-refractivity contribution in [2.45, 2.75) is 90.7 Å². The smallest absolute Gasteiger partial charge is 0.381 e. The Balaban J connectivity index is 1.58. The van der Waals surface area contributed by atoms with Crippen LogP contribution in [0.5, 0.6) is 0 Å². The number of hydrogen-bond acceptors (Lipinski definition) is 5. The highest BCUT2D eigenvalue weighted by Gasteiger charge is 2.35. The number of urea groups is 1. The van der Waals surface area contributed by atoms with Crippen LogP contribution in [0.1, 0.15) is 88.9 Å². The van der Waals surface area contributed by atoms with Crippen LogP contribution in [-0.4, -0.2) is 35.8 Å². The van der Waals surface area contributed by atoms with Crippen LogP contribution in [0.4, 0.5) is 23.8 Å². The van der Waals surface area contributed by atoms with Crippen LogP contribution >= 0.6 is 0 Å². The fourth-order valence-corrected chi connectivity index (χ4v) is 3.79. The van der Waals surface area contributed by atoms with Crippen molar-refractivity contribution in [3.05, 3.63) is 29.6 Å². The Morgan fingerprint density at radius 1 is 0.917 bits per heavy atom. The number of carbonyl (C=O) groups is 1. The number of nitrogens with one attached hydrogen (secondary N) is 3. The highest BCUT2D eigenvalue weighted by molar-refractivity contribution is 5.90. The summed E-state index contributed by atoms with van der Waals surface area (Å²) in [6.45, 7) is 5.67. The first-order valence-corrected chi connectivity index (χ1v) is 13.0. The molecule has 202 valence electrons. The van der Waals surface area contributed by atoms with Gasteiger partial charge in [0.15, 0.2) is 5.82 Å². The molecular weight excluding hydrogens is 471 g/mol. The molecule has 0 saturated heterocycles. The number of hydrogen-bond donors (Lipinski definition) is 3. The minimum atomic E-state index is -4.70. The van der Waals surface area contributed by atoms with Crippen molar-refractivity contribution in [2.24, 2.45) is 0 Å². The molecule has 0 spiro atoms. The highest BCUT2D eigenvalue weighted by atomic mass is 19.4. The van der Waals surface area contributed by atoms with Crippen molar-refractivity contribution in [1.82, 2.24) is 20.7 Å². The van der Waals surface area contributed by atoms with Crippen LogP contribution in [0.15, 0.2) is 18.2 Å². The normalized spacial score (nSPS) is 11.6. The fourth-order valence-electron chi connectivity index (χ4n) is 3.79. The van der Waals surface area contributed by atoms with E-state index >= 15 is 0 Å². The zero-order valence-electron chi connectivity index (χ0n) is 21.5. The van der Waals surface area contributed by atoms with Crippen molar-refractivity contribution in [3.63, 3.8) is 0 Å². The van der Waals surface area contributed by atoms with Crippen molar-refractivity contribution in [3.8, 4) is 0 Å². The van der Waals surface area contributed by atoms with Gasteiger partial charge in [0, 0.05) is 25.1 Å². The minimum absolute atomic E-state index is 0.119. The van der Waals surface area contributed by atoms with Gasteiger partial charge in [0.1, 0.15) is 0 Å². The van der Waals surface area contributed by atoms with Crippen molar-refractivity contribution < 1.29 is 22.7 Å². The maximum absolute atomic E-state index is 13.1. The number of nitrogens with zero attached hydrogens (tertiary/aromatic N) is 2. The summed E-state index contributed by atoms with van der Waals surface area (Å²) in [5.74, 6) is -1.39. The maximum atomic E-state index is 13.1. The molecule has 0 bridgehead atoms. The van der Waals surface area contributed by atoms with Crippen molar-refractivity contribution in [1.29, 1.82) is 0 Å². The van der Waals surface area contributed by atoms with E-state index < -0.39 is 18.0 Å². The van der Waals surface area contributed by atoms with Crippen LogP contribution in [-0.2, 0) is 10.9 Å². The van der Waals surface area contributed by atoms with Gasteiger partial charge in [-0.2, -0.15) is 13.2 Å². The average Bonchev–Trinajstić information content (AvgIpc) is 2.84. The third-order valence-electron chi connectivity index (χ3n) is 5.79. The fraction of sp³-hybridized carbons (Fsp3) is 0.654. The number of aromatic nitrogens is 2. The Morgan fingerprint density at radius 2 is 1.56 bits per heavy atom. The van der Waals surface area contributed by atoms with E-state index in [1.165, 1.54) is 63.9 Å². The van der Waals surface area contributed by atoms with E-state index in [0.29, 0.717) is 31.6 Å². The van der Waals surface area contributed by atoms with E-state index in [9.17, 15) is 18.0 Å². The Bertz CT molecular complexity index is 924. The lowest BCUT2D eigenvalue weighted by Crippen LogP contribution is -2.40. The van der Waals surface area contributed by atoms with Crippen molar-refractivity contribution in [2.75, 3.05) is 25.2 Å². The number of rotatable bonds is 17. The summed E-state index contributed by atoms with van der Waals surface area (Å²) in [5, 5.41) is 3.02. The van der Waals surface area contributed by atoms with Gasteiger partial charge in [-0.05, 0) is 31.9 Å². The second kappa shape index (κ2) is 16.2. The third kappa shape index (κ3) is 11.4. The van der Waals surface area contributed by atoms with Gasteiger partial charge in [0.25, 0.3) is 0 Å². The van der Waals surface area contributed by atoms with Gasteiger partial charge in [-0.15, -0.1) is 0 Å². The molecule has 0 saturated carbocycles. The lowest BCUT2D eigenvalue weighted by atomic mass is 10.1. The molecule has 10 heteroatoms. The summed E-state index contributed by atoms with van der Waals surface area (Å²) >= 11 is 0. The molecule has 0 atom stereocenters. The van der Waals surface area contributed by atoms with Crippen molar-refractivity contribution >= 4 is 22.8 Å². The summed E-state index contributed by atoms with van der Waals surface area (Å²) in [6, 6.07) is 4.24. The van der Waals surface area contributed by atoms with Crippen LogP contribution < -0.4 is 16.2 Å². The number of hydrazine groups is 1. The molecule has 0 aliphatic carbocycles. The quantitative estimate of drug-likeness (QED) is 0.159. The van der Waals surface area contributed by atoms with Crippen LogP contribution in [0.25, 0.3) is 10.9 Å². The number of benzene rings is 1. The number of carbonyl (C=O) groups excluding carboxylic acids is 1. The Kier molecular flexibility index (Phi) is 13.3. The predicted octanol–water partition coefficient (Wildman–Crippen LogP) is 6.91. The number of anilines is 1. The number of unbranched alkanes of at least 4 members (excludes halogenated alkanes) is 9. The molecule has 1 heterocycles. The van der Waals surface area contributed by atoms with E-state index in [4.69, 9.17) is 4.74 Å². The average molecular weight is 512 g/mol. The number of ether oxygens (including phenoxy) is 1. The monoisotopic (exact) mass is 511 g/mol. The maximum Gasteiger partial charge on any atom is 0.451 e. The molecule has 1 aromatic carbocycles. The molecule has 2 aromatic rings. The number of amides is 2. The van der Waals surface area contributed by atoms with Gasteiger partial charge >= 0.3 is 12.2 Å². The summed E-state index contributed by atoms with van der Waals surface area (Å²) in [7, 11) is 0. The number of fused-ring (bicyclic) bond motifs is 1. The third-order valence-corrected chi connectivity index (χ3v) is 5.79. The van der Waals surface area contributed by atoms with E-state index in [0.717, 1.165) is 12.0 Å². The highest BCUT2D eigenvalue weighted by Crippen LogP contribution is 2.30. The summed E-state index contributed by atoms with van der Waals surface area (Å²) in [6.07, 6.45) is 8.71. The van der Waals surface area contributed by atoms with E-state index in [2.05, 4.69) is 33.1 Å². The molecule has 0 unspecified atom stereocenters. The Hall–Kier alpha value is -2.62.